The number of hydrogen-bond donors (Lipinski definition) is 3. The molecule has 0 unspecified atom stereocenters. The maximum absolute atomic E-state index is 11.6. The van der Waals surface area contributed by atoms with Gasteiger partial charge in [-0.25, -0.2) is 18.3 Å². The van der Waals surface area contributed by atoms with E-state index in [0.29, 0.717) is 5.69 Å². The van der Waals surface area contributed by atoms with Crippen LogP contribution in [0.1, 0.15) is 0 Å². The first-order valence-electron chi connectivity index (χ1n) is 5.20. The van der Waals surface area contributed by atoms with Crippen LogP contribution in [0.3, 0.4) is 0 Å². The van der Waals surface area contributed by atoms with Crippen molar-refractivity contribution in [2.45, 2.75) is 5.16 Å². The molecule has 1 aromatic carbocycles. The number of amides is 2. The Morgan fingerprint density at radius 1 is 1.21 bits per heavy atom. The first-order chi connectivity index (χ1) is 8.95. The first kappa shape index (κ1) is 13.0. The van der Waals surface area contributed by atoms with E-state index >= 15 is 0 Å². The van der Waals surface area contributed by atoms with Crippen LogP contribution in [0.2, 0.25) is 0 Å². The average molecular weight is 281 g/mol. The Morgan fingerprint density at radius 3 is 2.47 bits per heavy atom. The van der Waals surface area contributed by atoms with Crippen molar-refractivity contribution in [2.24, 2.45) is 0 Å². The van der Waals surface area contributed by atoms with Crippen molar-refractivity contribution in [1.29, 1.82) is 0 Å². The molecule has 3 N–H and O–H groups in total. The SMILES string of the molecule is CS(=O)(=O)c1nc(NC(=O)Nc2ccccc2)n[nH]1. The largest absolute Gasteiger partial charge is 0.326 e. The Labute approximate surface area is 109 Å². The lowest BCUT2D eigenvalue weighted by atomic mass is 10.3. The number of carbonyl (C=O) groups excluding carboxylic acids is 1. The molecule has 2 amide bonds. The summed E-state index contributed by atoms with van der Waals surface area (Å²) in [7, 11) is -3.48. The predicted octanol–water partition coefficient (Wildman–Crippen LogP) is 0.852. The van der Waals surface area contributed by atoms with Crippen molar-refractivity contribution in [3.8, 4) is 0 Å². The lowest BCUT2D eigenvalue weighted by Crippen LogP contribution is -2.20. The maximum atomic E-state index is 11.6. The van der Waals surface area contributed by atoms with Gasteiger partial charge < -0.3 is 5.32 Å². The fraction of sp³-hybridized carbons (Fsp3) is 0.100. The third kappa shape index (κ3) is 3.52. The van der Waals surface area contributed by atoms with Gasteiger partial charge in [0.1, 0.15) is 0 Å². The van der Waals surface area contributed by atoms with E-state index in [2.05, 4.69) is 25.8 Å². The van der Waals surface area contributed by atoms with Gasteiger partial charge in [0.05, 0.1) is 0 Å². The molecule has 0 fully saturated rings. The standard InChI is InChI=1S/C10H11N5O3S/c1-19(17,18)10-13-8(14-15-10)12-9(16)11-7-5-3-2-4-6-7/h2-6H,1H3,(H3,11,12,13,14,15,16). The molecule has 0 saturated carbocycles. The lowest BCUT2D eigenvalue weighted by Gasteiger charge is -2.03. The zero-order chi connectivity index (χ0) is 13.9. The third-order valence-electron chi connectivity index (χ3n) is 2.07. The number of para-hydroxylation sites is 1. The molecular weight excluding hydrogens is 270 g/mol. The fourth-order valence-corrected chi connectivity index (χ4v) is 1.72. The summed E-state index contributed by atoms with van der Waals surface area (Å²) in [5.41, 5.74) is 0.596. The summed E-state index contributed by atoms with van der Waals surface area (Å²) in [6.07, 6.45) is 0.987. The first-order valence-corrected chi connectivity index (χ1v) is 7.10. The van der Waals surface area contributed by atoms with Gasteiger partial charge in [-0.2, -0.15) is 4.98 Å². The molecule has 1 heterocycles. The van der Waals surface area contributed by atoms with Crippen LogP contribution in [-0.2, 0) is 9.84 Å². The molecule has 0 spiro atoms. The normalized spacial score (nSPS) is 11.0. The summed E-state index contributed by atoms with van der Waals surface area (Å²) in [4.78, 5) is 15.2. The van der Waals surface area contributed by atoms with Crippen molar-refractivity contribution in [2.75, 3.05) is 16.9 Å². The van der Waals surface area contributed by atoms with Gasteiger partial charge in [-0.05, 0) is 12.1 Å². The van der Waals surface area contributed by atoms with E-state index in [9.17, 15) is 13.2 Å². The minimum atomic E-state index is -3.48. The number of urea groups is 1. The molecule has 0 atom stereocenters. The number of nitrogens with one attached hydrogen (secondary N) is 3. The van der Waals surface area contributed by atoms with Gasteiger partial charge in [0.2, 0.25) is 15.0 Å². The number of aromatic amines is 1. The fourth-order valence-electron chi connectivity index (χ4n) is 1.25. The summed E-state index contributed by atoms with van der Waals surface area (Å²) in [5.74, 6) is -0.117. The minimum Gasteiger partial charge on any atom is -0.308 e. The Bertz CT molecular complexity index is 680. The van der Waals surface area contributed by atoms with Crippen molar-refractivity contribution in [1.82, 2.24) is 15.2 Å². The molecule has 8 nitrogen and oxygen atoms in total. The highest BCUT2D eigenvalue weighted by Crippen LogP contribution is 2.07. The van der Waals surface area contributed by atoms with Crippen LogP contribution in [0.4, 0.5) is 16.4 Å². The van der Waals surface area contributed by atoms with E-state index < -0.39 is 15.9 Å². The van der Waals surface area contributed by atoms with Crippen LogP contribution < -0.4 is 10.6 Å². The van der Waals surface area contributed by atoms with Gasteiger partial charge in [0.25, 0.3) is 5.95 Å². The monoisotopic (exact) mass is 281 g/mol. The number of nitrogens with zero attached hydrogens (tertiary/aromatic N) is 2. The summed E-state index contributed by atoms with van der Waals surface area (Å²) >= 11 is 0. The Morgan fingerprint density at radius 2 is 1.89 bits per heavy atom. The van der Waals surface area contributed by atoms with Crippen molar-refractivity contribution >= 4 is 27.5 Å². The van der Waals surface area contributed by atoms with Crippen LogP contribution >= 0.6 is 0 Å². The van der Waals surface area contributed by atoms with Crippen molar-refractivity contribution in [3.05, 3.63) is 30.3 Å². The van der Waals surface area contributed by atoms with Gasteiger partial charge in [-0.1, -0.05) is 18.2 Å². The predicted molar refractivity (Wildman–Crippen MR) is 68.6 cm³/mol. The minimum absolute atomic E-state index is 0.117. The molecule has 0 saturated heterocycles. The molecule has 0 aliphatic carbocycles. The van der Waals surface area contributed by atoms with Crippen LogP contribution in [0, 0.1) is 0 Å². The van der Waals surface area contributed by atoms with Gasteiger partial charge in [0, 0.05) is 11.9 Å². The number of rotatable bonds is 3. The van der Waals surface area contributed by atoms with Crippen LogP contribution in [-0.4, -0.2) is 35.9 Å². The molecule has 2 rings (SSSR count). The second kappa shape index (κ2) is 5.06. The second-order valence-electron chi connectivity index (χ2n) is 3.68. The Hall–Kier alpha value is -2.42. The molecule has 0 bridgehead atoms. The number of sulfone groups is 1. The topological polar surface area (TPSA) is 117 Å². The van der Waals surface area contributed by atoms with Gasteiger partial charge in [0.15, 0.2) is 0 Å². The van der Waals surface area contributed by atoms with E-state index in [0.717, 1.165) is 6.26 Å². The molecular formula is C10H11N5O3S. The molecule has 19 heavy (non-hydrogen) atoms. The van der Waals surface area contributed by atoms with E-state index in [-0.39, 0.29) is 11.1 Å². The summed E-state index contributed by atoms with van der Waals surface area (Å²) < 4.78 is 22.3. The maximum Gasteiger partial charge on any atom is 0.326 e. The molecule has 0 aliphatic rings. The zero-order valence-electron chi connectivity index (χ0n) is 9.91. The second-order valence-corrected chi connectivity index (χ2v) is 5.61. The highest BCUT2D eigenvalue weighted by Gasteiger charge is 2.14. The highest BCUT2D eigenvalue weighted by atomic mass is 32.2. The van der Waals surface area contributed by atoms with Crippen LogP contribution in [0.25, 0.3) is 0 Å². The van der Waals surface area contributed by atoms with Gasteiger partial charge in [-0.15, -0.1) is 5.10 Å². The number of benzene rings is 1. The molecule has 2 aromatic rings. The van der Waals surface area contributed by atoms with Crippen LogP contribution in [0.5, 0.6) is 0 Å². The number of anilines is 2. The summed E-state index contributed by atoms with van der Waals surface area (Å²) in [6.45, 7) is 0. The molecule has 9 heteroatoms. The summed E-state index contributed by atoms with van der Waals surface area (Å²) in [6, 6.07) is 8.20. The number of aromatic nitrogens is 3. The van der Waals surface area contributed by atoms with E-state index in [4.69, 9.17) is 0 Å². The number of carbonyl (C=O) groups is 1. The van der Waals surface area contributed by atoms with E-state index in [1.54, 1.807) is 24.3 Å². The third-order valence-corrected chi connectivity index (χ3v) is 2.96. The van der Waals surface area contributed by atoms with E-state index in [1.807, 2.05) is 6.07 Å². The number of hydrogen-bond acceptors (Lipinski definition) is 5. The number of H-pyrrole nitrogens is 1. The molecule has 1 aromatic heterocycles. The highest BCUT2D eigenvalue weighted by molar-refractivity contribution is 7.90. The Kier molecular flexibility index (Phi) is 3.47. The van der Waals surface area contributed by atoms with Gasteiger partial charge >= 0.3 is 6.03 Å². The lowest BCUT2D eigenvalue weighted by molar-refractivity contribution is 0.262. The molecule has 0 aliphatic heterocycles. The zero-order valence-corrected chi connectivity index (χ0v) is 10.7. The Balaban J connectivity index is 2.02. The van der Waals surface area contributed by atoms with Gasteiger partial charge in [-0.3, -0.25) is 5.32 Å². The van der Waals surface area contributed by atoms with Crippen molar-refractivity contribution < 1.29 is 13.2 Å². The summed E-state index contributed by atoms with van der Waals surface area (Å²) in [5, 5.41) is 10.4. The molecule has 0 radical (unpaired) electrons. The van der Waals surface area contributed by atoms with E-state index in [1.165, 1.54) is 0 Å². The average Bonchev–Trinajstić information content (AvgIpc) is 2.78. The van der Waals surface area contributed by atoms with Crippen LogP contribution in [0.15, 0.2) is 35.5 Å². The van der Waals surface area contributed by atoms with Crippen molar-refractivity contribution in [3.63, 3.8) is 0 Å². The smallest absolute Gasteiger partial charge is 0.308 e. The quantitative estimate of drug-likeness (QED) is 0.771. The molecule has 100 valence electrons.